The highest BCUT2D eigenvalue weighted by molar-refractivity contribution is 9.10. The first kappa shape index (κ1) is 18.5. The Morgan fingerprint density at radius 2 is 1.88 bits per heavy atom. The number of hydrogen-bond acceptors (Lipinski definition) is 8. The number of halogens is 1. The highest BCUT2D eigenvalue weighted by Crippen LogP contribution is 2.31. The molecule has 26 heavy (non-hydrogen) atoms. The third kappa shape index (κ3) is 4.87. The molecule has 0 spiro atoms. The fourth-order valence-electron chi connectivity index (χ4n) is 2.60. The van der Waals surface area contributed by atoms with Gasteiger partial charge in [0, 0.05) is 36.3 Å². The largest absolute Gasteiger partial charge is 0.379 e. The van der Waals surface area contributed by atoms with Crippen LogP contribution in [0.15, 0.2) is 35.1 Å². The van der Waals surface area contributed by atoms with E-state index in [0.717, 1.165) is 37.3 Å². The smallest absolute Gasteiger partial charge is 0.353 e. The normalized spacial score (nSPS) is 14.8. The van der Waals surface area contributed by atoms with Gasteiger partial charge >= 0.3 is 5.69 Å². The molecule has 0 unspecified atom stereocenters. The zero-order chi connectivity index (χ0) is 18.4. The van der Waals surface area contributed by atoms with E-state index in [9.17, 15) is 10.1 Å². The van der Waals surface area contributed by atoms with Crippen LogP contribution in [0.4, 0.5) is 23.0 Å². The van der Waals surface area contributed by atoms with Gasteiger partial charge in [-0.3, -0.25) is 15.0 Å². The average Bonchev–Trinajstić information content (AvgIpc) is 2.64. The van der Waals surface area contributed by atoms with E-state index in [0.29, 0.717) is 12.2 Å². The molecule has 1 aliphatic heterocycles. The molecular formula is C16H19BrN6O3. The molecule has 1 saturated heterocycles. The number of nitrogens with zero attached hydrogens (tertiary/aromatic N) is 4. The van der Waals surface area contributed by atoms with Gasteiger partial charge in [0.25, 0.3) is 0 Å². The van der Waals surface area contributed by atoms with Crippen molar-refractivity contribution in [3.05, 3.63) is 45.2 Å². The molecule has 0 amide bonds. The van der Waals surface area contributed by atoms with Gasteiger partial charge in [-0.25, -0.2) is 9.97 Å². The molecule has 1 aliphatic rings. The van der Waals surface area contributed by atoms with Crippen LogP contribution in [0.1, 0.15) is 0 Å². The highest BCUT2D eigenvalue weighted by atomic mass is 79.9. The fourth-order valence-corrected chi connectivity index (χ4v) is 2.86. The molecule has 1 aromatic carbocycles. The Bertz CT molecular complexity index is 752. The molecule has 0 radical (unpaired) electrons. The summed E-state index contributed by atoms with van der Waals surface area (Å²) in [7, 11) is 0. The van der Waals surface area contributed by atoms with Crippen molar-refractivity contribution in [2.75, 3.05) is 50.0 Å². The first-order chi connectivity index (χ1) is 12.6. The Balaban J connectivity index is 1.70. The van der Waals surface area contributed by atoms with E-state index in [1.807, 2.05) is 12.1 Å². The number of ether oxygens (including phenoxy) is 1. The summed E-state index contributed by atoms with van der Waals surface area (Å²) in [5, 5.41) is 17.6. The summed E-state index contributed by atoms with van der Waals surface area (Å²) >= 11 is 3.36. The summed E-state index contributed by atoms with van der Waals surface area (Å²) in [4.78, 5) is 21.4. The maximum Gasteiger partial charge on any atom is 0.353 e. The molecule has 0 aliphatic carbocycles. The van der Waals surface area contributed by atoms with Crippen molar-refractivity contribution >= 4 is 38.9 Å². The number of nitrogens with one attached hydrogen (secondary N) is 2. The van der Waals surface area contributed by atoms with Crippen molar-refractivity contribution in [1.29, 1.82) is 0 Å². The number of aromatic nitrogens is 2. The van der Waals surface area contributed by atoms with Gasteiger partial charge in [0.2, 0.25) is 11.6 Å². The minimum atomic E-state index is -0.474. The number of hydrogen-bond donors (Lipinski definition) is 2. The summed E-state index contributed by atoms with van der Waals surface area (Å²) in [6.07, 6.45) is 1.31. The second-order valence-corrected chi connectivity index (χ2v) is 6.60. The van der Waals surface area contributed by atoms with Crippen molar-refractivity contribution in [2.24, 2.45) is 0 Å². The lowest BCUT2D eigenvalue weighted by Crippen LogP contribution is -2.39. The van der Waals surface area contributed by atoms with Crippen LogP contribution in [-0.4, -0.2) is 59.2 Å². The van der Waals surface area contributed by atoms with Gasteiger partial charge in [0.15, 0.2) is 0 Å². The van der Waals surface area contributed by atoms with E-state index in [2.05, 4.69) is 41.4 Å². The maximum atomic E-state index is 11.6. The Labute approximate surface area is 159 Å². The Hall–Kier alpha value is -2.30. The van der Waals surface area contributed by atoms with Crippen molar-refractivity contribution in [1.82, 2.24) is 14.9 Å². The molecule has 3 rings (SSSR count). The molecule has 1 aromatic heterocycles. The second kappa shape index (κ2) is 8.88. The van der Waals surface area contributed by atoms with Crippen LogP contribution in [0.5, 0.6) is 0 Å². The van der Waals surface area contributed by atoms with Crippen molar-refractivity contribution in [3.8, 4) is 0 Å². The fraction of sp³-hybridized carbons (Fsp3) is 0.375. The van der Waals surface area contributed by atoms with Gasteiger partial charge in [-0.1, -0.05) is 15.9 Å². The van der Waals surface area contributed by atoms with Crippen LogP contribution < -0.4 is 10.6 Å². The average molecular weight is 423 g/mol. The molecule has 2 N–H and O–H groups in total. The standard InChI is InChI=1S/C16H19BrN6O3/c17-12-1-3-13(4-2-12)21-16-14(23(24)25)15(19-11-20-16)18-5-6-22-7-9-26-10-8-22/h1-4,11H,5-10H2,(H2,18,19,20,21). The molecule has 0 atom stereocenters. The second-order valence-electron chi connectivity index (χ2n) is 5.69. The minimum Gasteiger partial charge on any atom is -0.379 e. The van der Waals surface area contributed by atoms with E-state index >= 15 is 0 Å². The lowest BCUT2D eigenvalue weighted by molar-refractivity contribution is -0.383. The summed E-state index contributed by atoms with van der Waals surface area (Å²) < 4.78 is 6.23. The van der Waals surface area contributed by atoms with Crippen LogP contribution in [0.25, 0.3) is 0 Å². The van der Waals surface area contributed by atoms with Crippen LogP contribution in [0.3, 0.4) is 0 Å². The van der Waals surface area contributed by atoms with Gasteiger partial charge in [-0.2, -0.15) is 0 Å². The maximum absolute atomic E-state index is 11.6. The molecule has 2 heterocycles. The molecule has 0 bridgehead atoms. The van der Waals surface area contributed by atoms with Crippen LogP contribution in [0, 0.1) is 10.1 Å². The number of nitro groups is 1. The summed E-state index contributed by atoms with van der Waals surface area (Å²) in [5.41, 5.74) is 0.534. The topological polar surface area (TPSA) is 105 Å². The van der Waals surface area contributed by atoms with Gasteiger partial charge < -0.3 is 15.4 Å². The summed E-state index contributed by atoms with van der Waals surface area (Å²) in [5.74, 6) is 0.360. The van der Waals surface area contributed by atoms with E-state index < -0.39 is 4.92 Å². The van der Waals surface area contributed by atoms with E-state index in [1.54, 1.807) is 12.1 Å². The molecule has 1 fully saturated rings. The van der Waals surface area contributed by atoms with Gasteiger partial charge in [-0.15, -0.1) is 0 Å². The van der Waals surface area contributed by atoms with Crippen molar-refractivity contribution < 1.29 is 9.66 Å². The molecule has 2 aromatic rings. The van der Waals surface area contributed by atoms with Crippen LogP contribution in [-0.2, 0) is 4.74 Å². The van der Waals surface area contributed by atoms with Crippen LogP contribution in [0.2, 0.25) is 0 Å². The highest BCUT2D eigenvalue weighted by Gasteiger charge is 2.23. The van der Waals surface area contributed by atoms with Crippen molar-refractivity contribution in [3.63, 3.8) is 0 Å². The Morgan fingerprint density at radius 1 is 1.19 bits per heavy atom. The van der Waals surface area contributed by atoms with Gasteiger partial charge in [0.05, 0.1) is 18.1 Å². The number of benzene rings is 1. The minimum absolute atomic E-state index is 0.154. The number of morpholine rings is 1. The third-order valence-electron chi connectivity index (χ3n) is 3.94. The first-order valence-electron chi connectivity index (χ1n) is 8.19. The first-order valence-corrected chi connectivity index (χ1v) is 8.99. The lowest BCUT2D eigenvalue weighted by atomic mass is 10.3. The zero-order valence-electron chi connectivity index (χ0n) is 14.0. The third-order valence-corrected chi connectivity index (χ3v) is 4.46. The molecule has 138 valence electrons. The van der Waals surface area contributed by atoms with E-state index in [-0.39, 0.29) is 17.3 Å². The quantitative estimate of drug-likeness (QED) is 0.517. The van der Waals surface area contributed by atoms with Gasteiger partial charge in [0.1, 0.15) is 6.33 Å². The number of rotatable bonds is 7. The SMILES string of the molecule is O=[N+]([O-])c1c(NCCN2CCOCC2)ncnc1Nc1ccc(Br)cc1. The molecule has 10 heteroatoms. The molecule has 9 nitrogen and oxygen atoms in total. The van der Waals surface area contributed by atoms with Crippen LogP contribution >= 0.6 is 15.9 Å². The predicted octanol–water partition coefficient (Wildman–Crippen LogP) is 2.63. The van der Waals surface area contributed by atoms with E-state index in [4.69, 9.17) is 4.74 Å². The molecular weight excluding hydrogens is 404 g/mol. The lowest BCUT2D eigenvalue weighted by Gasteiger charge is -2.26. The van der Waals surface area contributed by atoms with E-state index in [1.165, 1.54) is 6.33 Å². The van der Waals surface area contributed by atoms with Crippen molar-refractivity contribution in [2.45, 2.75) is 0 Å². The number of anilines is 3. The molecule has 0 saturated carbocycles. The summed E-state index contributed by atoms with van der Waals surface area (Å²) in [6.45, 7) is 4.48. The monoisotopic (exact) mass is 422 g/mol. The van der Waals surface area contributed by atoms with Gasteiger partial charge in [-0.05, 0) is 24.3 Å². The predicted molar refractivity (Wildman–Crippen MR) is 102 cm³/mol. The zero-order valence-corrected chi connectivity index (χ0v) is 15.6. The summed E-state index contributed by atoms with van der Waals surface area (Å²) in [6, 6.07) is 7.30. The Kier molecular flexibility index (Phi) is 6.31. The Morgan fingerprint density at radius 3 is 2.58 bits per heavy atom.